The third-order valence-electron chi connectivity index (χ3n) is 5.25. The number of aryl methyl sites for hydroxylation is 1. The van der Waals surface area contributed by atoms with Crippen LogP contribution in [0.5, 0.6) is 0 Å². The van der Waals surface area contributed by atoms with Gasteiger partial charge in [-0.25, -0.2) is 0 Å². The summed E-state index contributed by atoms with van der Waals surface area (Å²) < 4.78 is 5.38. The zero-order chi connectivity index (χ0) is 19.3. The summed E-state index contributed by atoms with van der Waals surface area (Å²) in [4.78, 5) is 29.0. The summed E-state index contributed by atoms with van der Waals surface area (Å²) in [5.41, 5.74) is 3.83. The predicted molar refractivity (Wildman–Crippen MR) is 110 cm³/mol. The van der Waals surface area contributed by atoms with E-state index in [9.17, 15) is 9.59 Å². The number of para-hydroxylation sites is 1. The molecule has 0 unspecified atom stereocenters. The molecule has 1 fully saturated rings. The summed E-state index contributed by atoms with van der Waals surface area (Å²) in [6.07, 6.45) is 2.15. The SMILES string of the molecule is O=C(CN1C(=O)CCCc2ccccc21)Nc1ccc(N2CCOCC2)cc1. The molecule has 0 aromatic heterocycles. The quantitative estimate of drug-likeness (QED) is 0.887. The number of rotatable bonds is 4. The van der Waals surface area contributed by atoms with Crippen molar-refractivity contribution in [1.82, 2.24) is 0 Å². The normalized spacial score (nSPS) is 17.1. The summed E-state index contributed by atoms with van der Waals surface area (Å²) in [6, 6.07) is 15.7. The van der Waals surface area contributed by atoms with Gasteiger partial charge in [-0.05, 0) is 48.7 Å². The standard InChI is InChI=1S/C22H25N3O3/c26-21(16-25-20-6-2-1-4-17(20)5-3-7-22(25)27)23-18-8-10-19(11-9-18)24-12-14-28-15-13-24/h1-2,4,6,8-11H,3,5,7,12-16H2,(H,23,26). The van der Waals surface area contributed by atoms with Gasteiger partial charge in [0.25, 0.3) is 0 Å². The molecule has 28 heavy (non-hydrogen) atoms. The summed E-state index contributed by atoms with van der Waals surface area (Å²) in [5, 5.41) is 2.92. The third-order valence-corrected chi connectivity index (χ3v) is 5.25. The molecule has 0 atom stereocenters. The summed E-state index contributed by atoms with van der Waals surface area (Å²) in [5.74, 6) is -0.188. The van der Waals surface area contributed by atoms with Gasteiger partial charge >= 0.3 is 0 Å². The average Bonchev–Trinajstić information content (AvgIpc) is 2.88. The van der Waals surface area contributed by atoms with Crippen molar-refractivity contribution < 1.29 is 14.3 Å². The zero-order valence-corrected chi connectivity index (χ0v) is 15.9. The number of morpholine rings is 1. The van der Waals surface area contributed by atoms with Gasteiger partial charge < -0.3 is 19.9 Å². The minimum atomic E-state index is -0.191. The molecule has 2 aromatic carbocycles. The van der Waals surface area contributed by atoms with Gasteiger partial charge in [-0.2, -0.15) is 0 Å². The number of ether oxygens (including phenoxy) is 1. The van der Waals surface area contributed by atoms with Crippen LogP contribution in [0.3, 0.4) is 0 Å². The van der Waals surface area contributed by atoms with Crippen LogP contribution in [0.1, 0.15) is 18.4 Å². The lowest BCUT2D eigenvalue weighted by atomic mass is 10.1. The molecule has 1 N–H and O–H groups in total. The molecular weight excluding hydrogens is 354 g/mol. The molecular formula is C22H25N3O3. The van der Waals surface area contributed by atoms with Crippen LogP contribution in [0.4, 0.5) is 17.1 Å². The van der Waals surface area contributed by atoms with Crippen molar-refractivity contribution in [2.24, 2.45) is 0 Å². The van der Waals surface area contributed by atoms with Crippen LogP contribution in [0, 0.1) is 0 Å². The molecule has 4 rings (SSSR count). The number of amides is 2. The van der Waals surface area contributed by atoms with Gasteiger partial charge in [0.05, 0.1) is 13.2 Å². The Morgan fingerprint density at radius 3 is 2.54 bits per heavy atom. The number of nitrogens with zero attached hydrogens (tertiary/aromatic N) is 2. The largest absolute Gasteiger partial charge is 0.378 e. The van der Waals surface area contributed by atoms with E-state index in [2.05, 4.69) is 10.2 Å². The Labute approximate surface area is 165 Å². The number of carbonyl (C=O) groups is 2. The van der Waals surface area contributed by atoms with Crippen molar-refractivity contribution in [3.63, 3.8) is 0 Å². The predicted octanol–water partition coefficient (Wildman–Crippen LogP) is 2.83. The van der Waals surface area contributed by atoms with E-state index in [1.165, 1.54) is 0 Å². The minimum absolute atomic E-state index is 0.00256. The fourth-order valence-corrected chi connectivity index (χ4v) is 3.78. The van der Waals surface area contributed by atoms with Gasteiger partial charge in [0.15, 0.2) is 0 Å². The van der Waals surface area contributed by atoms with Crippen molar-refractivity contribution in [2.75, 3.05) is 48.0 Å². The Kier molecular flexibility index (Phi) is 5.58. The highest BCUT2D eigenvalue weighted by molar-refractivity contribution is 6.03. The zero-order valence-electron chi connectivity index (χ0n) is 15.9. The minimum Gasteiger partial charge on any atom is -0.378 e. The Bertz CT molecular complexity index is 844. The molecule has 6 heteroatoms. The van der Waals surface area contributed by atoms with Crippen LogP contribution in [-0.2, 0) is 20.7 Å². The van der Waals surface area contributed by atoms with Crippen molar-refractivity contribution in [3.8, 4) is 0 Å². The maximum atomic E-state index is 12.6. The molecule has 2 aliphatic heterocycles. The van der Waals surface area contributed by atoms with Crippen LogP contribution in [0.25, 0.3) is 0 Å². The van der Waals surface area contributed by atoms with E-state index in [1.54, 1.807) is 4.90 Å². The maximum Gasteiger partial charge on any atom is 0.244 e. The number of hydrogen-bond donors (Lipinski definition) is 1. The monoisotopic (exact) mass is 379 g/mol. The smallest absolute Gasteiger partial charge is 0.244 e. The number of fused-ring (bicyclic) bond motifs is 1. The first-order valence-corrected chi connectivity index (χ1v) is 9.81. The van der Waals surface area contributed by atoms with E-state index in [0.29, 0.717) is 6.42 Å². The number of carbonyl (C=O) groups excluding carboxylic acids is 2. The molecule has 0 bridgehead atoms. The number of nitrogens with one attached hydrogen (secondary N) is 1. The lowest BCUT2D eigenvalue weighted by Gasteiger charge is -2.29. The van der Waals surface area contributed by atoms with Gasteiger partial charge in [-0.1, -0.05) is 18.2 Å². The molecule has 6 nitrogen and oxygen atoms in total. The van der Waals surface area contributed by atoms with Crippen LogP contribution in [0.15, 0.2) is 48.5 Å². The van der Waals surface area contributed by atoms with E-state index in [1.807, 2.05) is 48.5 Å². The molecule has 2 amide bonds. The highest BCUT2D eigenvalue weighted by Gasteiger charge is 2.24. The molecule has 0 spiro atoms. The van der Waals surface area contributed by atoms with E-state index >= 15 is 0 Å². The molecule has 0 radical (unpaired) electrons. The molecule has 1 saturated heterocycles. The van der Waals surface area contributed by atoms with Crippen LogP contribution in [-0.4, -0.2) is 44.7 Å². The molecule has 146 valence electrons. The molecule has 0 saturated carbocycles. The van der Waals surface area contributed by atoms with E-state index in [-0.39, 0.29) is 18.4 Å². The Morgan fingerprint density at radius 2 is 1.75 bits per heavy atom. The Morgan fingerprint density at radius 1 is 1.00 bits per heavy atom. The van der Waals surface area contributed by atoms with Crippen molar-refractivity contribution >= 4 is 28.9 Å². The third kappa shape index (κ3) is 4.17. The summed E-state index contributed by atoms with van der Waals surface area (Å²) in [6.45, 7) is 3.26. The van der Waals surface area contributed by atoms with Gasteiger partial charge in [-0.15, -0.1) is 0 Å². The molecule has 2 aromatic rings. The van der Waals surface area contributed by atoms with E-state index < -0.39 is 0 Å². The average molecular weight is 379 g/mol. The first-order valence-electron chi connectivity index (χ1n) is 9.81. The van der Waals surface area contributed by atoms with Gasteiger partial charge in [0.2, 0.25) is 11.8 Å². The molecule has 0 aliphatic carbocycles. The second kappa shape index (κ2) is 8.44. The highest BCUT2D eigenvalue weighted by Crippen LogP contribution is 2.27. The van der Waals surface area contributed by atoms with E-state index in [0.717, 1.165) is 61.8 Å². The fraction of sp³-hybridized carbons (Fsp3) is 0.364. The van der Waals surface area contributed by atoms with E-state index in [4.69, 9.17) is 4.74 Å². The van der Waals surface area contributed by atoms with Gasteiger partial charge in [0, 0.05) is 36.6 Å². The first-order chi connectivity index (χ1) is 13.7. The Balaban J connectivity index is 1.42. The van der Waals surface area contributed by atoms with Crippen LogP contribution >= 0.6 is 0 Å². The lowest BCUT2D eigenvalue weighted by molar-refractivity contribution is -0.121. The van der Waals surface area contributed by atoms with Crippen LogP contribution in [0.2, 0.25) is 0 Å². The number of anilines is 3. The first kappa shape index (κ1) is 18.5. The van der Waals surface area contributed by atoms with Crippen molar-refractivity contribution in [1.29, 1.82) is 0 Å². The number of benzene rings is 2. The second-order valence-electron chi connectivity index (χ2n) is 7.16. The van der Waals surface area contributed by atoms with Crippen LogP contribution < -0.4 is 15.1 Å². The lowest BCUT2D eigenvalue weighted by Crippen LogP contribution is -2.37. The topological polar surface area (TPSA) is 61.9 Å². The summed E-state index contributed by atoms with van der Waals surface area (Å²) in [7, 11) is 0. The van der Waals surface area contributed by atoms with Crippen molar-refractivity contribution in [2.45, 2.75) is 19.3 Å². The maximum absolute atomic E-state index is 12.6. The summed E-state index contributed by atoms with van der Waals surface area (Å²) >= 11 is 0. The number of hydrogen-bond acceptors (Lipinski definition) is 4. The second-order valence-corrected chi connectivity index (χ2v) is 7.16. The molecule has 2 heterocycles. The van der Waals surface area contributed by atoms with Gasteiger partial charge in [0.1, 0.15) is 6.54 Å². The van der Waals surface area contributed by atoms with Gasteiger partial charge in [-0.3, -0.25) is 9.59 Å². The Hall–Kier alpha value is -2.86. The highest BCUT2D eigenvalue weighted by atomic mass is 16.5. The van der Waals surface area contributed by atoms with Crippen molar-refractivity contribution in [3.05, 3.63) is 54.1 Å². The molecule has 2 aliphatic rings. The fourth-order valence-electron chi connectivity index (χ4n) is 3.78.